The Bertz CT molecular complexity index is 407. The van der Waals surface area contributed by atoms with Gasteiger partial charge in [-0.2, -0.15) is 0 Å². The molecule has 1 heterocycles. The van der Waals surface area contributed by atoms with Crippen LogP contribution in [-0.4, -0.2) is 38.8 Å². The van der Waals surface area contributed by atoms with Crippen LogP contribution in [-0.2, 0) is 0 Å². The largest absolute Gasteiger partial charge is 0.497 e. The van der Waals surface area contributed by atoms with Crippen molar-refractivity contribution in [2.45, 2.75) is 38.1 Å². The molecule has 1 aliphatic heterocycles. The molecule has 0 aliphatic carbocycles. The second-order valence-electron chi connectivity index (χ2n) is 5.70. The Morgan fingerprint density at radius 2 is 1.48 bits per heavy atom. The zero-order valence-electron chi connectivity index (χ0n) is 13.3. The van der Waals surface area contributed by atoms with Crippen LogP contribution < -0.4 is 15.2 Å². The van der Waals surface area contributed by atoms with Gasteiger partial charge in [0.2, 0.25) is 0 Å². The summed E-state index contributed by atoms with van der Waals surface area (Å²) in [4.78, 5) is 2.52. The van der Waals surface area contributed by atoms with E-state index in [1.54, 1.807) is 14.2 Å². The van der Waals surface area contributed by atoms with Crippen molar-refractivity contribution in [1.82, 2.24) is 4.90 Å². The van der Waals surface area contributed by atoms with Crippen LogP contribution in [0.2, 0.25) is 0 Å². The van der Waals surface area contributed by atoms with Crippen LogP contribution in [0.1, 0.15) is 43.7 Å². The predicted octanol–water partition coefficient (Wildman–Crippen LogP) is 2.97. The van der Waals surface area contributed by atoms with E-state index < -0.39 is 0 Å². The van der Waals surface area contributed by atoms with Crippen LogP contribution in [0.3, 0.4) is 0 Å². The first-order valence-electron chi connectivity index (χ1n) is 7.95. The van der Waals surface area contributed by atoms with Gasteiger partial charge < -0.3 is 15.2 Å². The maximum absolute atomic E-state index is 6.09. The average molecular weight is 292 g/mol. The zero-order valence-corrected chi connectivity index (χ0v) is 13.3. The summed E-state index contributed by atoms with van der Waals surface area (Å²) in [6.07, 6.45) is 6.55. The molecule has 4 nitrogen and oxygen atoms in total. The van der Waals surface area contributed by atoms with Gasteiger partial charge in [-0.1, -0.05) is 19.3 Å². The number of nitrogens with two attached hydrogens (primary N) is 1. The number of likely N-dealkylation sites (tertiary alicyclic amines) is 1. The number of methoxy groups -OCH3 is 2. The van der Waals surface area contributed by atoms with Crippen LogP contribution in [0.4, 0.5) is 0 Å². The summed E-state index contributed by atoms with van der Waals surface area (Å²) in [5, 5.41) is 0. The molecular formula is C17H28N2O2. The molecule has 21 heavy (non-hydrogen) atoms. The lowest BCUT2D eigenvalue weighted by Crippen LogP contribution is -2.36. The number of ether oxygens (including phenoxy) is 2. The number of nitrogens with zero attached hydrogens (tertiary/aromatic N) is 1. The van der Waals surface area contributed by atoms with Crippen LogP contribution in [0.25, 0.3) is 0 Å². The quantitative estimate of drug-likeness (QED) is 0.906. The normalized spacial score (nSPS) is 18.6. The maximum Gasteiger partial charge on any atom is 0.122 e. The van der Waals surface area contributed by atoms with Crippen molar-refractivity contribution in [3.05, 3.63) is 23.8 Å². The van der Waals surface area contributed by atoms with Crippen LogP contribution in [0.15, 0.2) is 18.2 Å². The topological polar surface area (TPSA) is 47.7 Å². The zero-order chi connectivity index (χ0) is 15.1. The van der Waals surface area contributed by atoms with Crippen molar-refractivity contribution < 1.29 is 9.47 Å². The van der Waals surface area contributed by atoms with Gasteiger partial charge in [0.25, 0.3) is 0 Å². The summed E-state index contributed by atoms with van der Waals surface area (Å²) in [7, 11) is 3.37. The lowest BCUT2D eigenvalue weighted by atomic mass is 10.0. The molecule has 2 rings (SSSR count). The van der Waals surface area contributed by atoms with Crippen molar-refractivity contribution >= 4 is 0 Å². The fourth-order valence-corrected chi connectivity index (χ4v) is 3.10. The Morgan fingerprint density at radius 3 is 1.95 bits per heavy atom. The van der Waals surface area contributed by atoms with Crippen LogP contribution >= 0.6 is 0 Å². The van der Waals surface area contributed by atoms with Crippen molar-refractivity contribution in [2.24, 2.45) is 5.73 Å². The van der Waals surface area contributed by atoms with E-state index in [1.165, 1.54) is 37.7 Å². The highest BCUT2D eigenvalue weighted by Gasteiger charge is 2.21. The second kappa shape index (κ2) is 8.25. The van der Waals surface area contributed by atoms with E-state index in [1.807, 2.05) is 6.07 Å². The molecule has 2 N–H and O–H groups in total. The van der Waals surface area contributed by atoms with Crippen molar-refractivity contribution in [3.63, 3.8) is 0 Å². The van der Waals surface area contributed by atoms with Crippen molar-refractivity contribution in [3.8, 4) is 11.5 Å². The number of rotatable bonds is 5. The summed E-state index contributed by atoms with van der Waals surface area (Å²) in [6, 6.07) is 6.31. The van der Waals surface area contributed by atoms with Gasteiger partial charge >= 0.3 is 0 Å². The van der Waals surface area contributed by atoms with Gasteiger partial charge in [0.1, 0.15) is 11.5 Å². The summed E-state index contributed by atoms with van der Waals surface area (Å²) < 4.78 is 10.8. The van der Waals surface area contributed by atoms with Gasteiger partial charge in [-0.05, 0) is 43.6 Å². The Balaban J connectivity index is 2.22. The number of hydrogen-bond acceptors (Lipinski definition) is 4. The van der Waals surface area contributed by atoms with Crippen molar-refractivity contribution in [2.75, 3.05) is 33.9 Å². The average Bonchev–Trinajstić information content (AvgIpc) is 2.49. The molecule has 0 radical (unpaired) electrons. The number of hydrogen-bond donors (Lipinski definition) is 1. The third-order valence-electron chi connectivity index (χ3n) is 4.31. The van der Waals surface area contributed by atoms with Gasteiger partial charge in [-0.25, -0.2) is 0 Å². The second-order valence-corrected chi connectivity index (χ2v) is 5.70. The summed E-state index contributed by atoms with van der Waals surface area (Å²) in [5.41, 5.74) is 7.27. The van der Waals surface area contributed by atoms with Gasteiger partial charge in [0.05, 0.1) is 14.2 Å². The van der Waals surface area contributed by atoms with Crippen LogP contribution in [0, 0.1) is 0 Å². The highest BCUT2D eigenvalue weighted by molar-refractivity contribution is 5.40. The fraction of sp³-hybridized carbons (Fsp3) is 0.647. The first kappa shape index (κ1) is 16.1. The highest BCUT2D eigenvalue weighted by atomic mass is 16.5. The molecule has 1 saturated heterocycles. The third-order valence-corrected chi connectivity index (χ3v) is 4.31. The Labute approximate surface area is 128 Å². The molecule has 1 fully saturated rings. The summed E-state index contributed by atoms with van der Waals surface area (Å²) >= 11 is 0. The van der Waals surface area contributed by atoms with E-state index in [0.717, 1.165) is 24.6 Å². The van der Waals surface area contributed by atoms with E-state index >= 15 is 0 Å². The van der Waals surface area contributed by atoms with E-state index in [4.69, 9.17) is 15.2 Å². The van der Waals surface area contributed by atoms with E-state index in [9.17, 15) is 0 Å². The van der Waals surface area contributed by atoms with Gasteiger partial charge in [0, 0.05) is 18.7 Å². The van der Waals surface area contributed by atoms with Gasteiger partial charge in [-0.15, -0.1) is 0 Å². The summed E-state index contributed by atoms with van der Waals surface area (Å²) in [5.74, 6) is 1.66. The minimum absolute atomic E-state index is 0.243. The molecule has 1 atom stereocenters. The van der Waals surface area contributed by atoms with Gasteiger partial charge in [0.15, 0.2) is 0 Å². The molecule has 4 heteroatoms. The highest BCUT2D eigenvalue weighted by Crippen LogP contribution is 2.30. The smallest absolute Gasteiger partial charge is 0.122 e. The van der Waals surface area contributed by atoms with E-state index in [-0.39, 0.29) is 6.04 Å². The number of benzene rings is 1. The molecule has 1 aromatic rings. The minimum Gasteiger partial charge on any atom is -0.497 e. The molecule has 1 aromatic carbocycles. The molecule has 1 unspecified atom stereocenters. The lowest BCUT2D eigenvalue weighted by molar-refractivity contribution is 0.183. The molecule has 0 bridgehead atoms. The first-order chi connectivity index (χ1) is 10.3. The fourth-order valence-electron chi connectivity index (χ4n) is 3.10. The van der Waals surface area contributed by atoms with E-state index in [0.29, 0.717) is 6.54 Å². The molecule has 0 saturated carbocycles. The van der Waals surface area contributed by atoms with E-state index in [2.05, 4.69) is 17.0 Å². The van der Waals surface area contributed by atoms with Gasteiger partial charge in [-0.3, -0.25) is 4.90 Å². The lowest BCUT2D eigenvalue weighted by Gasteiger charge is -2.33. The Kier molecular flexibility index (Phi) is 6.33. The first-order valence-corrected chi connectivity index (χ1v) is 7.95. The molecule has 0 amide bonds. The molecule has 118 valence electrons. The molecule has 0 aromatic heterocycles. The monoisotopic (exact) mass is 292 g/mol. The Hall–Kier alpha value is -1.26. The predicted molar refractivity (Wildman–Crippen MR) is 86.0 cm³/mol. The third kappa shape index (κ3) is 4.35. The van der Waals surface area contributed by atoms with Crippen molar-refractivity contribution in [1.29, 1.82) is 0 Å². The standard InChI is InChI=1S/C17H28N2O2/c1-20-15-10-14(11-16(12-15)21-2)17(13-18)19-8-6-4-3-5-7-9-19/h10-12,17H,3-9,13,18H2,1-2H3. The molecule has 1 aliphatic rings. The summed E-state index contributed by atoms with van der Waals surface area (Å²) in [6.45, 7) is 2.87. The SMILES string of the molecule is COc1cc(OC)cc(C(CN)N2CCCCCCC2)c1. The van der Waals surface area contributed by atoms with Crippen LogP contribution in [0.5, 0.6) is 11.5 Å². The Morgan fingerprint density at radius 1 is 0.952 bits per heavy atom. The molecular weight excluding hydrogens is 264 g/mol. The molecule has 0 spiro atoms. The minimum atomic E-state index is 0.243. The maximum atomic E-state index is 6.09.